The van der Waals surface area contributed by atoms with E-state index in [1.165, 1.54) is 4.90 Å². The normalized spacial score (nSPS) is 24.3. The Morgan fingerprint density at radius 3 is 3.09 bits per heavy atom. The van der Waals surface area contributed by atoms with Crippen LogP contribution < -0.4 is 5.32 Å². The maximum atomic E-state index is 10.4. The van der Waals surface area contributed by atoms with E-state index in [-0.39, 0.29) is 12.6 Å². The van der Waals surface area contributed by atoms with Crippen molar-refractivity contribution in [2.24, 2.45) is 0 Å². The summed E-state index contributed by atoms with van der Waals surface area (Å²) in [7, 11) is 0. The number of rotatable bonds is 0. The predicted molar refractivity (Wildman–Crippen MR) is 37.0 cm³/mol. The number of hydrogen-bond acceptors (Lipinski definition) is 3. The fourth-order valence-electron chi connectivity index (χ4n) is 1.01. The van der Waals surface area contributed by atoms with Gasteiger partial charge in [-0.25, -0.2) is 4.79 Å². The van der Waals surface area contributed by atoms with Gasteiger partial charge in [-0.1, -0.05) is 0 Å². The Morgan fingerprint density at radius 2 is 2.55 bits per heavy atom. The first-order chi connectivity index (χ1) is 5.24. The molecule has 0 saturated carbocycles. The van der Waals surface area contributed by atoms with Gasteiger partial charge in [-0.05, 0) is 0 Å². The summed E-state index contributed by atoms with van der Waals surface area (Å²) in [6.45, 7) is 1.30. The molecule has 1 saturated heterocycles. The van der Waals surface area contributed by atoms with Gasteiger partial charge in [0.1, 0.15) is 6.04 Å². The zero-order valence-corrected chi connectivity index (χ0v) is 5.95. The zero-order valence-electron chi connectivity index (χ0n) is 5.95. The lowest BCUT2D eigenvalue weighted by Gasteiger charge is -2.27. The molecule has 0 aliphatic carbocycles. The molecule has 1 aliphatic rings. The fourth-order valence-corrected chi connectivity index (χ4v) is 1.01. The van der Waals surface area contributed by atoms with Crippen molar-refractivity contribution in [3.63, 3.8) is 0 Å². The van der Waals surface area contributed by atoms with Gasteiger partial charge in [0.05, 0.1) is 12.6 Å². The number of nitrogens with zero attached hydrogens (tertiary/aromatic N) is 2. The van der Waals surface area contributed by atoms with Crippen molar-refractivity contribution >= 4 is 6.09 Å². The molecule has 0 aromatic carbocycles. The van der Waals surface area contributed by atoms with Gasteiger partial charge >= 0.3 is 6.09 Å². The number of nitriles is 1. The summed E-state index contributed by atoms with van der Waals surface area (Å²) in [6, 6.07) is 1.63. The van der Waals surface area contributed by atoms with Crippen LogP contribution in [0.4, 0.5) is 4.79 Å². The zero-order chi connectivity index (χ0) is 8.27. The third-order valence-corrected chi connectivity index (χ3v) is 1.60. The minimum absolute atomic E-state index is 0.270. The van der Waals surface area contributed by atoms with Crippen LogP contribution in [-0.2, 0) is 0 Å². The third kappa shape index (κ3) is 1.82. The van der Waals surface area contributed by atoms with Crippen LogP contribution in [0.25, 0.3) is 0 Å². The number of piperazine rings is 1. The van der Waals surface area contributed by atoms with Crippen molar-refractivity contribution in [2.45, 2.75) is 6.04 Å². The Hall–Kier alpha value is -1.28. The predicted octanol–water partition coefficient (Wildman–Crippen LogP) is -0.538. The second-order valence-corrected chi connectivity index (χ2v) is 2.36. The minimum atomic E-state index is -0.952. The molecule has 1 aliphatic heterocycles. The lowest BCUT2D eigenvalue weighted by atomic mass is 10.2. The largest absolute Gasteiger partial charge is 0.465 e. The topological polar surface area (TPSA) is 76.4 Å². The van der Waals surface area contributed by atoms with Crippen LogP contribution in [-0.4, -0.2) is 41.8 Å². The Bertz CT molecular complexity index is 198. The Balaban J connectivity index is 2.47. The van der Waals surface area contributed by atoms with E-state index in [1.807, 2.05) is 6.07 Å². The van der Waals surface area contributed by atoms with Crippen LogP contribution in [0.1, 0.15) is 0 Å². The van der Waals surface area contributed by atoms with Gasteiger partial charge in [0.15, 0.2) is 0 Å². The summed E-state index contributed by atoms with van der Waals surface area (Å²) in [5.74, 6) is 0. The number of carboxylic acid groups (broad SMARTS) is 1. The molecule has 1 atom stereocenters. The lowest BCUT2D eigenvalue weighted by Crippen LogP contribution is -2.51. The molecule has 0 unspecified atom stereocenters. The molecule has 0 aromatic rings. The summed E-state index contributed by atoms with van der Waals surface area (Å²) in [5.41, 5.74) is 0. The molecule has 0 bridgehead atoms. The van der Waals surface area contributed by atoms with Gasteiger partial charge in [0.25, 0.3) is 0 Å². The third-order valence-electron chi connectivity index (χ3n) is 1.60. The highest BCUT2D eigenvalue weighted by atomic mass is 16.4. The van der Waals surface area contributed by atoms with Crippen molar-refractivity contribution in [1.82, 2.24) is 10.2 Å². The van der Waals surface area contributed by atoms with E-state index in [4.69, 9.17) is 10.4 Å². The summed E-state index contributed by atoms with van der Waals surface area (Å²) in [5, 5.41) is 19.9. The highest BCUT2D eigenvalue weighted by molar-refractivity contribution is 5.65. The smallest absolute Gasteiger partial charge is 0.407 e. The van der Waals surface area contributed by atoms with Crippen LogP contribution in [0.15, 0.2) is 0 Å². The van der Waals surface area contributed by atoms with Crippen molar-refractivity contribution in [3.05, 3.63) is 0 Å². The minimum Gasteiger partial charge on any atom is -0.465 e. The molecule has 5 heteroatoms. The van der Waals surface area contributed by atoms with Crippen molar-refractivity contribution in [2.75, 3.05) is 19.6 Å². The summed E-state index contributed by atoms with van der Waals surface area (Å²) in [6.07, 6.45) is -0.952. The van der Waals surface area contributed by atoms with E-state index >= 15 is 0 Å². The van der Waals surface area contributed by atoms with Gasteiger partial charge in [0, 0.05) is 13.1 Å². The molecule has 11 heavy (non-hydrogen) atoms. The van der Waals surface area contributed by atoms with E-state index in [0.29, 0.717) is 13.1 Å². The molecular weight excluding hydrogens is 146 g/mol. The molecule has 60 valence electrons. The molecule has 2 N–H and O–H groups in total. The van der Waals surface area contributed by atoms with E-state index < -0.39 is 6.09 Å². The fraction of sp³-hybridized carbons (Fsp3) is 0.667. The van der Waals surface area contributed by atoms with Crippen molar-refractivity contribution in [1.29, 1.82) is 5.26 Å². The molecule has 1 heterocycles. The highest BCUT2D eigenvalue weighted by Crippen LogP contribution is 1.97. The van der Waals surface area contributed by atoms with Gasteiger partial charge in [0.2, 0.25) is 0 Å². The number of hydrogen-bond donors (Lipinski definition) is 2. The monoisotopic (exact) mass is 155 g/mol. The molecule has 0 radical (unpaired) electrons. The lowest BCUT2D eigenvalue weighted by molar-refractivity contribution is 0.134. The first-order valence-electron chi connectivity index (χ1n) is 3.35. The average Bonchev–Trinajstić information content (AvgIpc) is 2.05. The molecular formula is C6H9N3O2. The summed E-state index contributed by atoms with van der Waals surface area (Å²) >= 11 is 0. The van der Waals surface area contributed by atoms with E-state index in [9.17, 15) is 4.79 Å². The average molecular weight is 155 g/mol. The molecule has 1 amide bonds. The second kappa shape index (κ2) is 3.21. The SMILES string of the molecule is N#C[C@@H]1CN(C(=O)O)CCN1. The number of carbonyl (C=O) groups is 1. The van der Waals surface area contributed by atoms with Gasteiger partial charge in [-0.15, -0.1) is 0 Å². The van der Waals surface area contributed by atoms with E-state index in [0.717, 1.165) is 0 Å². The Morgan fingerprint density at radius 1 is 1.82 bits per heavy atom. The summed E-state index contributed by atoms with van der Waals surface area (Å²) < 4.78 is 0. The summed E-state index contributed by atoms with van der Waals surface area (Å²) in [4.78, 5) is 11.6. The quantitative estimate of drug-likeness (QED) is 0.492. The highest BCUT2D eigenvalue weighted by Gasteiger charge is 2.21. The number of nitrogens with one attached hydrogen (secondary N) is 1. The van der Waals surface area contributed by atoms with Crippen LogP contribution in [0, 0.1) is 11.3 Å². The Labute approximate surface area is 64.2 Å². The number of amides is 1. The van der Waals surface area contributed by atoms with Crippen molar-refractivity contribution in [3.8, 4) is 6.07 Å². The first kappa shape index (κ1) is 7.82. The first-order valence-corrected chi connectivity index (χ1v) is 3.35. The van der Waals surface area contributed by atoms with Crippen LogP contribution in [0.5, 0.6) is 0 Å². The molecule has 0 spiro atoms. The Kier molecular flexibility index (Phi) is 2.28. The molecule has 5 nitrogen and oxygen atoms in total. The van der Waals surface area contributed by atoms with Gasteiger partial charge < -0.3 is 10.0 Å². The van der Waals surface area contributed by atoms with Crippen LogP contribution in [0.3, 0.4) is 0 Å². The van der Waals surface area contributed by atoms with Crippen molar-refractivity contribution < 1.29 is 9.90 Å². The van der Waals surface area contributed by atoms with Crippen LogP contribution in [0.2, 0.25) is 0 Å². The maximum absolute atomic E-state index is 10.4. The van der Waals surface area contributed by atoms with Gasteiger partial charge in [-0.3, -0.25) is 5.32 Å². The maximum Gasteiger partial charge on any atom is 0.407 e. The molecule has 1 rings (SSSR count). The molecule has 0 aromatic heterocycles. The second-order valence-electron chi connectivity index (χ2n) is 2.36. The van der Waals surface area contributed by atoms with Gasteiger partial charge in [-0.2, -0.15) is 5.26 Å². The standard InChI is InChI=1S/C6H9N3O2/c7-3-5-4-9(6(10)11)2-1-8-5/h5,8H,1-2,4H2,(H,10,11)/t5-/m1/s1. The van der Waals surface area contributed by atoms with Crippen LogP contribution >= 0.6 is 0 Å². The van der Waals surface area contributed by atoms with E-state index in [1.54, 1.807) is 0 Å². The van der Waals surface area contributed by atoms with E-state index in [2.05, 4.69) is 5.32 Å². The molecule has 1 fully saturated rings.